The predicted molar refractivity (Wildman–Crippen MR) is 74.3 cm³/mol. The summed E-state index contributed by atoms with van der Waals surface area (Å²) < 4.78 is 22.6. The minimum Gasteiger partial charge on any atom is -0.480 e. The predicted octanol–water partition coefficient (Wildman–Crippen LogP) is 0.316. The molecule has 1 unspecified atom stereocenters. The molecule has 0 aromatic carbocycles. The van der Waals surface area contributed by atoms with Crippen LogP contribution in [0.3, 0.4) is 0 Å². The largest absolute Gasteiger partial charge is 0.480 e. The molecule has 1 atom stereocenters. The number of sulfone groups is 1. The highest BCUT2D eigenvalue weighted by atomic mass is 32.2. The molecule has 2 N–H and O–H groups in total. The van der Waals surface area contributed by atoms with Crippen molar-refractivity contribution in [3.8, 4) is 0 Å². The van der Waals surface area contributed by atoms with Gasteiger partial charge in [0.1, 0.15) is 5.54 Å². The molecule has 0 aromatic heterocycles. The van der Waals surface area contributed by atoms with Crippen LogP contribution in [0.25, 0.3) is 0 Å². The van der Waals surface area contributed by atoms with Crippen molar-refractivity contribution in [1.82, 2.24) is 10.2 Å². The molecule has 116 valence electrons. The summed E-state index contributed by atoms with van der Waals surface area (Å²) in [6.45, 7) is 5.12. The van der Waals surface area contributed by atoms with Crippen LogP contribution >= 0.6 is 0 Å². The Balaban J connectivity index is 2.59. The second-order valence-corrected chi connectivity index (χ2v) is 7.79. The number of carbonyl (C=O) groups is 2. The van der Waals surface area contributed by atoms with E-state index in [0.29, 0.717) is 6.42 Å². The Morgan fingerprint density at radius 1 is 1.40 bits per heavy atom. The van der Waals surface area contributed by atoms with Crippen LogP contribution in [0.2, 0.25) is 0 Å². The first kappa shape index (κ1) is 16.7. The van der Waals surface area contributed by atoms with Crippen LogP contribution in [0.15, 0.2) is 0 Å². The number of carbonyl (C=O) groups excluding carboxylic acids is 1. The minimum atomic E-state index is -2.97. The molecule has 7 nitrogen and oxygen atoms in total. The van der Waals surface area contributed by atoms with E-state index < -0.39 is 27.4 Å². The van der Waals surface area contributed by atoms with Crippen LogP contribution in [-0.4, -0.2) is 60.6 Å². The fraction of sp³-hybridized carbons (Fsp3) is 0.833. The number of likely N-dealkylation sites (N-methyl/N-ethyl adjacent to an activating group) is 1. The van der Waals surface area contributed by atoms with E-state index in [2.05, 4.69) is 5.32 Å². The molecule has 20 heavy (non-hydrogen) atoms. The maximum Gasteiger partial charge on any atom is 0.329 e. The molecule has 1 aliphatic heterocycles. The van der Waals surface area contributed by atoms with Crippen LogP contribution in [-0.2, 0) is 14.6 Å². The molecule has 1 rings (SSSR count). The van der Waals surface area contributed by atoms with Gasteiger partial charge >= 0.3 is 12.0 Å². The van der Waals surface area contributed by atoms with E-state index in [1.54, 1.807) is 6.92 Å². The van der Waals surface area contributed by atoms with Crippen LogP contribution in [0.4, 0.5) is 4.79 Å². The van der Waals surface area contributed by atoms with E-state index in [-0.39, 0.29) is 30.5 Å². The van der Waals surface area contributed by atoms with Crippen LogP contribution in [0.1, 0.15) is 27.2 Å². The number of urea groups is 1. The van der Waals surface area contributed by atoms with Crippen molar-refractivity contribution in [2.75, 3.05) is 24.6 Å². The van der Waals surface area contributed by atoms with Gasteiger partial charge in [0.05, 0.1) is 11.5 Å². The number of amides is 2. The van der Waals surface area contributed by atoms with Gasteiger partial charge in [-0.05, 0) is 33.1 Å². The number of hydrogen-bond donors (Lipinski definition) is 2. The first-order valence-corrected chi connectivity index (χ1v) is 8.41. The molecule has 8 heteroatoms. The zero-order valence-electron chi connectivity index (χ0n) is 12.0. The van der Waals surface area contributed by atoms with E-state index in [9.17, 15) is 18.0 Å². The van der Waals surface area contributed by atoms with E-state index in [0.717, 1.165) is 0 Å². The van der Waals surface area contributed by atoms with Crippen molar-refractivity contribution >= 4 is 21.8 Å². The Morgan fingerprint density at radius 2 is 2.00 bits per heavy atom. The van der Waals surface area contributed by atoms with Gasteiger partial charge in [0.2, 0.25) is 0 Å². The molecule has 2 amide bonds. The third kappa shape index (κ3) is 3.84. The first-order chi connectivity index (χ1) is 9.10. The van der Waals surface area contributed by atoms with Crippen LogP contribution in [0, 0.1) is 5.92 Å². The summed E-state index contributed by atoms with van der Waals surface area (Å²) in [5.74, 6) is -0.929. The zero-order chi connectivity index (χ0) is 15.6. The number of nitrogens with zero attached hydrogens (tertiary/aromatic N) is 1. The van der Waals surface area contributed by atoms with E-state index >= 15 is 0 Å². The summed E-state index contributed by atoms with van der Waals surface area (Å²) in [6.07, 6.45) is 0.539. The Bertz CT molecular complexity index is 486. The van der Waals surface area contributed by atoms with Crippen molar-refractivity contribution in [3.05, 3.63) is 0 Å². The fourth-order valence-corrected chi connectivity index (χ4v) is 4.13. The van der Waals surface area contributed by atoms with Gasteiger partial charge in [-0.25, -0.2) is 18.0 Å². The maximum atomic E-state index is 12.0. The number of rotatable bonds is 5. The van der Waals surface area contributed by atoms with Crippen molar-refractivity contribution in [2.24, 2.45) is 5.92 Å². The Morgan fingerprint density at radius 3 is 2.40 bits per heavy atom. The van der Waals surface area contributed by atoms with Gasteiger partial charge in [-0.1, -0.05) is 0 Å². The molecule has 0 spiro atoms. The van der Waals surface area contributed by atoms with Crippen molar-refractivity contribution in [1.29, 1.82) is 0 Å². The quantitative estimate of drug-likeness (QED) is 0.761. The topological polar surface area (TPSA) is 104 Å². The van der Waals surface area contributed by atoms with Crippen LogP contribution in [0.5, 0.6) is 0 Å². The number of nitrogens with one attached hydrogen (secondary N) is 1. The third-order valence-corrected chi connectivity index (χ3v) is 5.47. The molecule has 0 aromatic rings. The molecule has 0 saturated carbocycles. The maximum absolute atomic E-state index is 12.0. The number of hydrogen-bond acceptors (Lipinski definition) is 4. The van der Waals surface area contributed by atoms with Crippen molar-refractivity contribution in [3.63, 3.8) is 0 Å². The monoisotopic (exact) mass is 306 g/mol. The lowest BCUT2D eigenvalue weighted by molar-refractivity contribution is -0.147. The smallest absolute Gasteiger partial charge is 0.329 e. The molecule has 0 bridgehead atoms. The number of aliphatic carboxylic acids is 1. The number of carboxylic acids is 1. The number of carboxylic acid groups (broad SMARTS) is 1. The highest BCUT2D eigenvalue weighted by Crippen LogP contribution is 2.18. The van der Waals surface area contributed by atoms with Gasteiger partial charge in [0.25, 0.3) is 0 Å². The molecule has 1 saturated heterocycles. The van der Waals surface area contributed by atoms with Gasteiger partial charge in [0, 0.05) is 13.1 Å². The first-order valence-electron chi connectivity index (χ1n) is 6.59. The summed E-state index contributed by atoms with van der Waals surface area (Å²) in [4.78, 5) is 24.4. The minimum absolute atomic E-state index is 0.0850. The van der Waals surface area contributed by atoms with Gasteiger partial charge < -0.3 is 15.3 Å². The fourth-order valence-electron chi connectivity index (χ4n) is 2.27. The molecule has 0 radical (unpaired) electrons. The summed E-state index contributed by atoms with van der Waals surface area (Å²) in [7, 11) is -2.97. The zero-order valence-corrected chi connectivity index (χ0v) is 12.9. The van der Waals surface area contributed by atoms with E-state index in [4.69, 9.17) is 5.11 Å². The van der Waals surface area contributed by atoms with E-state index in [1.807, 2.05) is 0 Å². The summed E-state index contributed by atoms with van der Waals surface area (Å²) in [5.41, 5.74) is -1.30. The molecule has 1 fully saturated rings. The SMILES string of the molecule is CCN(C(=O)NCC1CCS(=O)(=O)C1)C(C)(C)C(=O)O. The highest BCUT2D eigenvalue weighted by molar-refractivity contribution is 7.91. The van der Waals surface area contributed by atoms with Gasteiger partial charge in [-0.15, -0.1) is 0 Å². The summed E-state index contributed by atoms with van der Waals surface area (Å²) >= 11 is 0. The second kappa shape index (κ2) is 5.99. The molecule has 1 heterocycles. The average molecular weight is 306 g/mol. The Labute approximate surface area is 119 Å². The van der Waals surface area contributed by atoms with Gasteiger partial charge in [0.15, 0.2) is 9.84 Å². The summed E-state index contributed by atoms with van der Waals surface area (Å²) in [6, 6.07) is -0.482. The lowest BCUT2D eigenvalue weighted by Crippen LogP contribution is -2.56. The lowest BCUT2D eigenvalue weighted by Gasteiger charge is -2.34. The molecular formula is C12H22N2O5S. The molecular weight excluding hydrogens is 284 g/mol. The normalized spacial score (nSPS) is 21.4. The van der Waals surface area contributed by atoms with Gasteiger partial charge in [-0.2, -0.15) is 0 Å². The van der Waals surface area contributed by atoms with Crippen LogP contribution < -0.4 is 5.32 Å². The van der Waals surface area contributed by atoms with E-state index in [1.165, 1.54) is 18.7 Å². The third-order valence-electron chi connectivity index (χ3n) is 3.63. The highest BCUT2D eigenvalue weighted by Gasteiger charge is 2.37. The summed E-state index contributed by atoms with van der Waals surface area (Å²) in [5, 5.41) is 11.8. The van der Waals surface area contributed by atoms with Crippen molar-refractivity contribution in [2.45, 2.75) is 32.7 Å². The standard InChI is InChI=1S/C12H22N2O5S/c1-4-14(12(2,3)10(15)16)11(17)13-7-9-5-6-20(18,19)8-9/h9H,4-8H2,1-3H3,(H,13,17)(H,15,16). The van der Waals surface area contributed by atoms with Gasteiger partial charge in [-0.3, -0.25) is 0 Å². The molecule has 0 aliphatic carbocycles. The van der Waals surface area contributed by atoms with Crippen molar-refractivity contribution < 1.29 is 23.1 Å². The Kier molecular flexibility index (Phi) is 5.01. The average Bonchev–Trinajstić information content (AvgIpc) is 2.66. The lowest BCUT2D eigenvalue weighted by atomic mass is 10.0. The molecule has 1 aliphatic rings. The Hall–Kier alpha value is -1.31. The second-order valence-electron chi connectivity index (χ2n) is 5.56.